The Morgan fingerprint density at radius 3 is 2.20 bits per heavy atom. The Morgan fingerprint density at radius 1 is 0.829 bits per heavy atom. The van der Waals surface area contributed by atoms with Crippen LogP contribution in [0.1, 0.15) is 27.0 Å². The van der Waals surface area contributed by atoms with E-state index in [1.54, 1.807) is 54.6 Å². The summed E-state index contributed by atoms with van der Waals surface area (Å²) in [6, 6.07) is 16.0. The first-order valence-corrected chi connectivity index (χ1v) is 10.9. The smallest absolute Gasteiger partial charge is 0.261 e. The van der Waals surface area contributed by atoms with Crippen LogP contribution in [0.5, 0.6) is 28.7 Å². The van der Waals surface area contributed by atoms with Gasteiger partial charge < -0.3 is 23.7 Å². The summed E-state index contributed by atoms with van der Waals surface area (Å²) < 4.78 is 27.1. The van der Waals surface area contributed by atoms with Gasteiger partial charge in [0.25, 0.3) is 11.8 Å². The molecule has 3 aromatic carbocycles. The van der Waals surface area contributed by atoms with Crippen molar-refractivity contribution >= 4 is 23.5 Å². The molecule has 8 nitrogen and oxygen atoms in total. The van der Waals surface area contributed by atoms with Crippen molar-refractivity contribution in [3.63, 3.8) is 0 Å². The van der Waals surface area contributed by atoms with E-state index in [-0.39, 0.29) is 19.2 Å². The van der Waals surface area contributed by atoms with Gasteiger partial charge in [-0.15, -0.1) is 0 Å². The predicted molar refractivity (Wildman–Crippen MR) is 128 cm³/mol. The van der Waals surface area contributed by atoms with Crippen molar-refractivity contribution in [2.45, 2.75) is 6.54 Å². The molecule has 0 aliphatic carbocycles. The average Bonchev–Trinajstić information content (AvgIpc) is 3.36. The Hall–Kier alpha value is -4.46. The molecule has 0 saturated heterocycles. The third kappa shape index (κ3) is 3.93. The van der Waals surface area contributed by atoms with Crippen LogP contribution in [0.3, 0.4) is 0 Å². The second kappa shape index (κ2) is 9.06. The summed E-state index contributed by atoms with van der Waals surface area (Å²) in [5, 5.41) is 0. The highest BCUT2D eigenvalue weighted by atomic mass is 16.7. The lowest BCUT2D eigenvalue weighted by Gasteiger charge is -2.29. The Labute approximate surface area is 202 Å². The zero-order chi connectivity index (χ0) is 24.5. The molecule has 0 bridgehead atoms. The van der Waals surface area contributed by atoms with Gasteiger partial charge in [0.05, 0.1) is 27.9 Å². The van der Waals surface area contributed by atoms with Crippen molar-refractivity contribution in [2.24, 2.45) is 0 Å². The van der Waals surface area contributed by atoms with Gasteiger partial charge in [0.1, 0.15) is 0 Å². The van der Waals surface area contributed by atoms with Gasteiger partial charge in [-0.3, -0.25) is 14.5 Å². The van der Waals surface area contributed by atoms with E-state index in [9.17, 15) is 9.59 Å². The van der Waals surface area contributed by atoms with Crippen LogP contribution in [0, 0.1) is 0 Å². The number of rotatable bonds is 6. The zero-order valence-corrected chi connectivity index (χ0v) is 19.5. The van der Waals surface area contributed by atoms with Crippen LogP contribution in [-0.4, -0.2) is 44.8 Å². The molecule has 0 saturated carbocycles. The van der Waals surface area contributed by atoms with Gasteiger partial charge in [-0.05, 0) is 53.1 Å². The molecule has 0 spiro atoms. The van der Waals surface area contributed by atoms with Crippen molar-refractivity contribution < 1.29 is 33.3 Å². The molecule has 2 amide bonds. The largest absolute Gasteiger partial charge is 0.493 e. The third-order valence-electron chi connectivity index (χ3n) is 5.94. The minimum absolute atomic E-state index is 0.0925. The summed E-state index contributed by atoms with van der Waals surface area (Å²) in [5.41, 5.74) is 2.82. The van der Waals surface area contributed by atoms with Crippen LogP contribution in [0.15, 0.2) is 54.6 Å². The minimum Gasteiger partial charge on any atom is -0.493 e. The van der Waals surface area contributed by atoms with Crippen LogP contribution < -0.4 is 23.7 Å². The molecular weight excluding hydrogens is 450 g/mol. The maximum absolute atomic E-state index is 13.7. The molecule has 0 unspecified atom stereocenters. The predicted octanol–water partition coefficient (Wildman–Crippen LogP) is 4.16. The number of benzene rings is 3. The molecule has 2 aliphatic heterocycles. The molecular formula is C27H23NO7. The molecule has 8 heteroatoms. The quantitative estimate of drug-likeness (QED) is 0.393. The Morgan fingerprint density at radius 2 is 1.51 bits per heavy atom. The van der Waals surface area contributed by atoms with Gasteiger partial charge >= 0.3 is 0 Å². The topological polar surface area (TPSA) is 83.5 Å². The molecule has 0 fully saturated rings. The van der Waals surface area contributed by atoms with Crippen molar-refractivity contribution in [3.05, 3.63) is 76.9 Å². The normalized spacial score (nSPS) is 15.3. The molecule has 0 N–H and O–H groups in total. The first-order chi connectivity index (χ1) is 17.0. The monoisotopic (exact) mass is 473 g/mol. The molecule has 0 radical (unpaired) electrons. The van der Waals surface area contributed by atoms with E-state index >= 15 is 0 Å². The lowest BCUT2D eigenvalue weighted by atomic mass is 9.91. The number of carbonyl (C=O) groups is 2. The number of ether oxygens (including phenoxy) is 5. The van der Waals surface area contributed by atoms with E-state index < -0.39 is 5.91 Å². The third-order valence-corrected chi connectivity index (χ3v) is 5.94. The summed E-state index contributed by atoms with van der Waals surface area (Å²) in [5.74, 6) is 1.84. The number of carbonyl (C=O) groups excluding carboxylic acids is 2. The van der Waals surface area contributed by atoms with Crippen molar-refractivity contribution in [1.82, 2.24) is 4.90 Å². The zero-order valence-electron chi connectivity index (χ0n) is 19.5. The van der Waals surface area contributed by atoms with Crippen LogP contribution in [0.25, 0.3) is 11.6 Å². The van der Waals surface area contributed by atoms with E-state index in [2.05, 4.69) is 0 Å². The molecule has 2 aliphatic rings. The molecule has 2 heterocycles. The number of imide groups is 1. The fourth-order valence-electron chi connectivity index (χ4n) is 4.26. The Balaban J connectivity index is 1.58. The molecule has 0 atom stereocenters. The summed E-state index contributed by atoms with van der Waals surface area (Å²) in [4.78, 5) is 28.2. The van der Waals surface area contributed by atoms with Gasteiger partial charge in [0.15, 0.2) is 23.0 Å². The van der Waals surface area contributed by atoms with Crippen LogP contribution >= 0.6 is 0 Å². The van der Waals surface area contributed by atoms with Crippen LogP contribution in [0.2, 0.25) is 0 Å². The van der Waals surface area contributed by atoms with Crippen molar-refractivity contribution in [1.29, 1.82) is 0 Å². The van der Waals surface area contributed by atoms with Gasteiger partial charge in [-0.1, -0.05) is 24.3 Å². The molecule has 5 rings (SSSR count). The fourth-order valence-corrected chi connectivity index (χ4v) is 4.26. The first kappa shape index (κ1) is 22.3. The highest BCUT2D eigenvalue weighted by molar-refractivity contribution is 6.33. The second-order valence-corrected chi connectivity index (χ2v) is 7.95. The SMILES string of the molecule is COc1cc(/C=C2/C(=O)N(Cc3ccc4c(c3)OCO4)C(=O)c3ccccc32)cc(OC)c1OC. The van der Waals surface area contributed by atoms with Crippen LogP contribution in [0.4, 0.5) is 0 Å². The maximum Gasteiger partial charge on any atom is 0.261 e. The molecule has 3 aromatic rings. The number of hydrogen-bond acceptors (Lipinski definition) is 7. The van der Waals surface area contributed by atoms with E-state index in [4.69, 9.17) is 23.7 Å². The van der Waals surface area contributed by atoms with Gasteiger partial charge in [-0.2, -0.15) is 0 Å². The number of methoxy groups -OCH3 is 3. The van der Waals surface area contributed by atoms with Crippen molar-refractivity contribution in [3.8, 4) is 28.7 Å². The average molecular weight is 473 g/mol. The molecule has 35 heavy (non-hydrogen) atoms. The number of nitrogens with zero attached hydrogens (tertiary/aromatic N) is 1. The fraction of sp³-hybridized carbons (Fsp3) is 0.185. The number of hydrogen-bond donors (Lipinski definition) is 0. The lowest BCUT2D eigenvalue weighted by Crippen LogP contribution is -2.41. The summed E-state index contributed by atoms with van der Waals surface area (Å²) in [6.45, 7) is 0.241. The van der Waals surface area contributed by atoms with E-state index in [0.29, 0.717) is 51.0 Å². The molecule has 178 valence electrons. The standard InChI is InChI=1S/C27H23NO7/c1-31-23-12-17(13-24(32-2)25(23)33-3)10-20-18-6-4-5-7-19(18)26(29)28(27(20)30)14-16-8-9-21-22(11-16)35-15-34-21/h4-13H,14-15H2,1-3H3/b20-10+. The number of fused-ring (bicyclic) bond motifs is 2. The van der Waals surface area contributed by atoms with E-state index in [1.807, 2.05) is 6.07 Å². The second-order valence-electron chi connectivity index (χ2n) is 7.95. The van der Waals surface area contributed by atoms with Gasteiger partial charge in [0, 0.05) is 11.1 Å². The highest BCUT2D eigenvalue weighted by Crippen LogP contribution is 2.40. The Kier molecular flexibility index (Phi) is 5.78. The summed E-state index contributed by atoms with van der Waals surface area (Å²) in [6.07, 6.45) is 1.73. The first-order valence-electron chi connectivity index (χ1n) is 10.9. The Bertz CT molecular complexity index is 1340. The van der Waals surface area contributed by atoms with E-state index in [0.717, 1.165) is 5.56 Å². The van der Waals surface area contributed by atoms with Gasteiger partial charge in [0.2, 0.25) is 12.5 Å². The van der Waals surface area contributed by atoms with Gasteiger partial charge in [-0.25, -0.2) is 0 Å². The summed E-state index contributed by atoms with van der Waals surface area (Å²) in [7, 11) is 4.58. The maximum atomic E-state index is 13.7. The number of amides is 2. The molecule has 0 aromatic heterocycles. The van der Waals surface area contributed by atoms with E-state index in [1.165, 1.54) is 26.2 Å². The highest BCUT2D eigenvalue weighted by Gasteiger charge is 2.35. The summed E-state index contributed by atoms with van der Waals surface area (Å²) >= 11 is 0. The van der Waals surface area contributed by atoms with Crippen LogP contribution in [-0.2, 0) is 11.3 Å². The lowest BCUT2D eigenvalue weighted by molar-refractivity contribution is -0.123. The minimum atomic E-state index is -0.403. The van der Waals surface area contributed by atoms with Crippen molar-refractivity contribution in [2.75, 3.05) is 28.1 Å².